The summed E-state index contributed by atoms with van der Waals surface area (Å²) in [5, 5.41) is 7.01. The minimum atomic E-state index is -0.197. The Balaban J connectivity index is 2.06. The summed E-state index contributed by atoms with van der Waals surface area (Å²) in [7, 11) is 0. The number of amides is 1. The number of carbonyl (C=O) groups is 1. The van der Waals surface area contributed by atoms with Crippen molar-refractivity contribution in [2.75, 3.05) is 10.7 Å². The minimum absolute atomic E-state index is 0.197. The molecule has 0 fully saturated rings. The standard InChI is InChI=1S/C13H17N5O/c1-9(2)18-8-7-12(17-18)15-13(19)10-3-5-11(16-14)6-4-10/h3-9,16H,14H2,1-2H3,(H,15,17,19). The van der Waals surface area contributed by atoms with E-state index in [1.165, 1.54) is 0 Å². The largest absolute Gasteiger partial charge is 0.324 e. The van der Waals surface area contributed by atoms with Crippen LogP contribution in [-0.2, 0) is 0 Å². The number of hydrogen-bond donors (Lipinski definition) is 3. The first-order chi connectivity index (χ1) is 9.10. The molecule has 0 aliphatic rings. The summed E-state index contributed by atoms with van der Waals surface area (Å²) in [5.41, 5.74) is 3.82. The lowest BCUT2D eigenvalue weighted by Crippen LogP contribution is -2.13. The van der Waals surface area contributed by atoms with E-state index in [0.29, 0.717) is 11.4 Å². The second kappa shape index (κ2) is 5.53. The van der Waals surface area contributed by atoms with Gasteiger partial charge in [-0.1, -0.05) is 0 Å². The predicted molar refractivity (Wildman–Crippen MR) is 74.8 cm³/mol. The van der Waals surface area contributed by atoms with E-state index in [1.54, 1.807) is 35.0 Å². The quantitative estimate of drug-likeness (QED) is 0.579. The Morgan fingerprint density at radius 3 is 2.47 bits per heavy atom. The first-order valence-corrected chi connectivity index (χ1v) is 6.03. The van der Waals surface area contributed by atoms with Crippen LogP contribution in [-0.4, -0.2) is 15.7 Å². The van der Waals surface area contributed by atoms with Gasteiger partial charge in [-0.3, -0.25) is 15.3 Å². The van der Waals surface area contributed by atoms with Crippen LogP contribution in [0.25, 0.3) is 0 Å². The van der Waals surface area contributed by atoms with Crippen LogP contribution in [0, 0.1) is 0 Å². The van der Waals surface area contributed by atoms with Crippen molar-refractivity contribution < 1.29 is 4.79 Å². The maximum atomic E-state index is 12.0. The van der Waals surface area contributed by atoms with E-state index in [2.05, 4.69) is 15.8 Å². The lowest BCUT2D eigenvalue weighted by atomic mass is 10.2. The fourth-order valence-electron chi connectivity index (χ4n) is 1.60. The number of nitrogen functional groups attached to an aromatic ring is 1. The van der Waals surface area contributed by atoms with Crippen LogP contribution in [0.3, 0.4) is 0 Å². The van der Waals surface area contributed by atoms with Crippen LogP contribution < -0.4 is 16.6 Å². The number of hydrogen-bond acceptors (Lipinski definition) is 4. The maximum absolute atomic E-state index is 12.0. The molecule has 1 heterocycles. The Bertz CT molecular complexity index is 559. The Morgan fingerprint density at radius 1 is 1.26 bits per heavy atom. The van der Waals surface area contributed by atoms with Gasteiger partial charge in [0.05, 0.1) is 0 Å². The van der Waals surface area contributed by atoms with Gasteiger partial charge in [0.2, 0.25) is 0 Å². The van der Waals surface area contributed by atoms with E-state index in [1.807, 2.05) is 20.0 Å². The van der Waals surface area contributed by atoms with Crippen molar-refractivity contribution in [3.63, 3.8) is 0 Å². The van der Waals surface area contributed by atoms with Gasteiger partial charge in [-0.2, -0.15) is 5.10 Å². The number of benzene rings is 1. The second-order valence-corrected chi connectivity index (χ2v) is 4.45. The highest BCUT2D eigenvalue weighted by atomic mass is 16.1. The molecule has 6 heteroatoms. The zero-order valence-corrected chi connectivity index (χ0v) is 10.9. The average Bonchev–Trinajstić information content (AvgIpc) is 2.87. The topological polar surface area (TPSA) is 85.0 Å². The highest BCUT2D eigenvalue weighted by Gasteiger charge is 2.08. The highest BCUT2D eigenvalue weighted by Crippen LogP contribution is 2.12. The van der Waals surface area contributed by atoms with Crippen molar-refractivity contribution in [2.45, 2.75) is 19.9 Å². The van der Waals surface area contributed by atoms with Gasteiger partial charge in [-0.15, -0.1) is 0 Å². The number of aromatic nitrogens is 2. The molecule has 2 rings (SSSR count). The number of anilines is 2. The van der Waals surface area contributed by atoms with Crippen molar-refractivity contribution in [1.82, 2.24) is 9.78 Å². The van der Waals surface area contributed by atoms with Gasteiger partial charge in [0, 0.05) is 29.6 Å². The number of rotatable bonds is 4. The first kappa shape index (κ1) is 13.1. The molecule has 0 unspecified atom stereocenters. The SMILES string of the molecule is CC(C)n1ccc(NC(=O)c2ccc(NN)cc2)n1. The van der Waals surface area contributed by atoms with E-state index in [0.717, 1.165) is 5.69 Å². The molecule has 1 amide bonds. The Kier molecular flexibility index (Phi) is 3.82. The van der Waals surface area contributed by atoms with Gasteiger partial charge in [0.15, 0.2) is 5.82 Å². The molecule has 0 aliphatic carbocycles. The Hall–Kier alpha value is -2.34. The summed E-state index contributed by atoms with van der Waals surface area (Å²) in [6, 6.07) is 8.91. The minimum Gasteiger partial charge on any atom is -0.324 e. The molecule has 100 valence electrons. The van der Waals surface area contributed by atoms with Gasteiger partial charge in [0.25, 0.3) is 5.91 Å². The zero-order valence-electron chi connectivity index (χ0n) is 10.9. The molecule has 19 heavy (non-hydrogen) atoms. The van der Waals surface area contributed by atoms with Crippen LogP contribution in [0.4, 0.5) is 11.5 Å². The predicted octanol–water partition coefficient (Wildman–Crippen LogP) is 2.00. The number of nitrogens with two attached hydrogens (primary N) is 1. The molecule has 0 saturated heterocycles. The molecule has 0 radical (unpaired) electrons. The Morgan fingerprint density at radius 2 is 1.95 bits per heavy atom. The molecule has 1 aromatic carbocycles. The van der Waals surface area contributed by atoms with Crippen LogP contribution in [0.1, 0.15) is 30.2 Å². The molecule has 0 bridgehead atoms. The smallest absolute Gasteiger partial charge is 0.256 e. The van der Waals surface area contributed by atoms with Crippen molar-refractivity contribution in [3.05, 3.63) is 42.1 Å². The van der Waals surface area contributed by atoms with Crippen LogP contribution in [0.15, 0.2) is 36.5 Å². The molecule has 0 spiro atoms. The third-order valence-electron chi connectivity index (χ3n) is 2.69. The molecule has 0 atom stereocenters. The van der Waals surface area contributed by atoms with E-state index < -0.39 is 0 Å². The number of hydrazine groups is 1. The zero-order chi connectivity index (χ0) is 13.8. The van der Waals surface area contributed by atoms with Crippen LogP contribution >= 0.6 is 0 Å². The van der Waals surface area contributed by atoms with E-state index >= 15 is 0 Å². The lowest BCUT2D eigenvalue weighted by molar-refractivity contribution is 0.102. The lowest BCUT2D eigenvalue weighted by Gasteiger charge is -2.05. The van der Waals surface area contributed by atoms with Gasteiger partial charge < -0.3 is 10.7 Å². The molecule has 6 nitrogen and oxygen atoms in total. The van der Waals surface area contributed by atoms with Crippen molar-refractivity contribution in [3.8, 4) is 0 Å². The average molecular weight is 259 g/mol. The summed E-state index contributed by atoms with van der Waals surface area (Å²) in [6.07, 6.45) is 1.84. The van der Waals surface area contributed by atoms with Gasteiger partial charge in [-0.25, -0.2) is 0 Å². The summed E-state index contributed by atoms with van der Waals surface area (Å²) in [6.45, 7) is 4.05. The number of nitrogens with zero attached hydrogens (tertiary/aromatic N) is 2. The fourth-order valence-corrected chi connectivity index (χ4v) is 1.60. The first-order valence-electron chi connectivity index (χ1n) is 6.03. The molecule has 0 saturated carbocycles. The third kappa shape index (κ3) is 3.11. The third-order valence-corrected chi connectivity index (χ3v) is 2.69. The van der Waals surface area contributed by atoms with E-state index in [-0.39, 0.29) is 11.9 Å². The summed E-state index contributed by atoms with van der Waals surface area (Å²) < 4.78 is 1.79. The molecule has 0 aliphatic heterocycles. The highest BCUT2D eigenvalue weighted by molar-refractivity contribution is 6.03. The second-order valence-electron chi connectivity index (χ2n) is 4.45. The molecular weight excluding hydrogens is 242 g/mol. The van der Waals surface area contributed by atoms with E-state index in [9.17, 15) is 4.79 Å². The van der Waals surface area contributed by atoms with Crippen molar-refractivity contribution in [1.29, 1.82) is 0 Å². The maximum Gasteiger partial charge on any atom is 0.256 e. The van der Waals surface area contributed by atoms with Crippen LogP contribution in [0.2, 0.25) is 0 Å². The summed E-state index contributed by atoms with van der Waals surface area (Å²) in [5.74, 6) is 5.61. The van der Waals surface area contributed by atoms with Crippen molar-refractivity contribution in [2.24, 2.45) is 5.84 Å². The summed E-state index contributed by atoms with van der Waals surface area (Å²) >= 11 is 0. The summed E-state index contributed by atoms with van der Waals surface area (Å²) in [4.78, 5) is 12.0. The molecular formula is C13H17N5O. The number of carbonyl (C=O) groups excluding carboxylic acids is 1. The van der Waals surface area contributed by atoms with Gasteiger partial charge >= 0.3 is 0 Å². The molecule has 1 aromatic heterocycles. The van der Waals surface area contributed by atoms with Crippen LogP contribution in [0.5, 0.6) is 0 Å². The Labute approximate surface area is 111 Å². The normalized spacial score (nSPS) is 10.5. The molecule has 2 aromatic rings. The molecule has 4 N–H and O–H groups in total. The van der Waals surface area contributed by atoms with E-state index in [4.69, 9.17) is 5.84 Å². The fraction of sp³-hybridized carbons (Fsp3) is 0.231. The van der Waals surface area contributed by atoms with Crippen molar-refractivity contribution >= 4 is 17.4 Å². The van der Waals surface area contributed by atoms with Gasteiger partial charge in [0.1, 0.15) is 0 Å². The monoisotopic (exact) mass is 259 g/mol. The number of nitrogens with one attached hydrogen (secondary N) is 2. The van der Waals surface area contributed by atoms with Gasteiger partial charge in [-0.05, 0) is 38.1 Å².